The van der Waals surface area contributed by atoms with Gasteiger partial charge in [-0.25, -0.2) is 14.2 Å². The lowest BCUT2D eigenvalue weighted by Gasteiger charge is -2.35. The molecule has 2 aromatic rings. The number of amidine groups is 1. The second kappa shape index (κ2) is 9.77. The van der Waals surface area contributed by atoms with E-state index in [0.29, 0.717) is 40.8 Å². The first-order chi connectivity index (χ1) is 15.9. The Morgan fingerprint density at radius 3 is 2.91 bits per heavy atom. The number of aliphatic carboxylic acids is 1. The number of ether oxygens (including phenoxy) is 2. The Hall–Kier alpha value is -3.15. The number of esters is 1. The first kappa shape index (κ1) is 23.0. The number of aliphatic imine (C=N–C) groups is 1. The van der Waals surface area contributed by atoms with Crippen LogP contribution in [0.4, 0.5) is 4.39 Å². The highest BCUT2D eigenvalue weighted by atomic mass is 32.1. The number of carboxylic acids is 1. The Labute approximate surface area is 193 Å². The minimum Gasteiger partial charge on any atom is -0.480 e. The Balaban J connectivity index is 1.83. The van der Waals surface area contributed by atoms with E-state index in [1.54, 1.807) is 29.5 Å². The maximum absolute atomic E-state index is 13.8. The number of hydrogen-bond acceptors (Lipinski definition) is 9. The maximum atomic E-state index is 13.8. The van der Waals surface area contributed by atoms with Crippen molar-refractivity contribution in [3.63, 3.8) is 0 Å². The summed E-state index contributed by atoms with van der Waals surface area (Å²) in [4.78, 5) is 35.5. The third-order valence-corrected chi connectivity index (χ3v) is 6.36. The highest BCUT2D eigenvalue weighted by molar-refractivity contribution is 7.11. The summed E-state index contributed by atoms with van der Waals surface area (Å²) in [6.45, 7) is 2.67. The molecule has 4 rings (SSSR count). The predicted octanol–water partition coefficient (Wildman–Crippen LogP) is 1.89. The van der Waals surface area contributed by atoms with Gasteiger partial charge < -0.3 is 19.9 Å². The van der Waals surface area contributed by atoms with Crippen molar-refractivity contribution in [3.05, 3.63) is 63.0 Å². The highest BCUT2D eigenvalue weighted by Crippen LogP contribution is 2.35. The number of morpholine rings is 1. The molecule has 11 heteroatoms. The molecular weight excluding hydrogens is 451 g/mol. The second-order valence-corrected chi connectivity index (χ2v) is 8.52. The molecule has 0 spiro atoms. The van der Waals surface area contributed by atoms with Crippen molar-refractivity contribution in [2.75, 3.05) is 33.4 Å². The molecule has 0 amide bonds. The Kier molecular flexibility index (Phi) is 6.82. The molecule has 1 aromatic heterocycles. The summed E-state index contributed by atoms with van der Waals surface area (Å²) in [6, 6.07) is 2.66. The monoisotopic (exact) mass is 474 g/mol. The van der Waals surface area contributed by atoms with Crippen LogP contribution < -0.4 is 5.32 Å². The standard InChI is InChI=1S/C22H23FN4O5S/c1-12-9-13(23)3-4-14(12)18-17(22(30)31-2)15(25-19(26-18)20-24-5-8-33-20)10-27-6-7-32-11-16(27)21(28)29/h3-5,8-9,16,18H,6-7,10-11H2,1-2H3,(H,25,26)(H,28,29)/t16-,18-/m0/s1. The SMILES string of the molecule is COC(=O)C1=C(CN2CCOC[C@H]2C(=O)O)NC(c2nccs2)=N[C@H]1c1ccc(F)cc1C. The van der Waals surface area contributed by atoms with Crippen LogP contribution in [0.15, 0.2) is 46.0 Å². The molecule has 0 aliphatic carbocycles. The average molecular weight is 475 g/mol. The molecular formula is C22H23FN4O5S. The number of nitrogens with one attached hydrogen (secondary N) is 1. The van der Waals surface area contributed by atoms with Crippen LogP contribution in [0.25, 0.3) is 0 Å². The van der Waals surface area contributed by atoms with Crippen LogP contribution in [-0.4, -0.2) is 72.2 Å². The molecule has 2 atom stereocenters. The summed E-state index contributed by atoms with van der Waals surface area (Å²) in [5, 5.41) is 15.2. The van der Waals surface area contributed by atoms with E-state index in [4.69, 9.17) is 14.5 Å². The summed E-state index contributed by atoms with van der Waals surface area (Å²) in [5.74, 6) is -1.56. The Morgan fingerprint density at radius 2 is 2.24 bits per heavy atom. The molecule has 0 bridgehead atoms. The van der Waals surface area contributed by atoms with Gasteiger partial charge in [0.2, 0.25) is 0 Å². The zero-order chi connectivity index (χ0) is 23.5. The minimum atomic E-state index is -1.01. The molecule has 2 N–H and O–H groups in total. The number of methoxy groups -OCH3 is 1. The van der Waals surface area contributed by atoms with Crippen molar-refractivity contribution in [3.8, 4) is 0 Å². The quantitative estimate of drug-likeness (QED) is 0.611. The number of carbonyl (C=O) groups is 2. The van der Waals surface area contributed by atoms with Crippen molar-refractivity contribution < 1.29 is 28.6 Å². The van der Waals surface area contributed by atoms with Crippen LogP contribution in [0.5, 0.6) is 0 Å². The molecule has 174 valence electrons. The summed E-state index contributed by atoms with van der Waals surface area (Å²) in [5.41, 5.74) is 1.97. The van der Waals surface area contributed by atoms with Crippen LogP contribution in [0.2, 0.25) is 0 Å². The minimum absolute atomic E-state index is 0.0457. The molecule has 33 heavy (non-hydrogen) atoms. The fourth-order valence-corrected chi connectivity index (χ4v) is 4.54. The van der Waals surface area contributed by atoms with Gasteiger partial charge in [-0.1, -0.05) is 6.07 Å². The van der Waals surface area contributed by atoms with E-state index >= 15 is 0 Å². The van der Waals surface area contributed by atoms with Crippen LogP contribution >= 0.6 is 11.3 Å². The van der Waals surface area contributed by atoms with Crippen molar-refractivity contribution in [2.24, 2.45) is 4.99 Å². The second-order valence-electron chi connectivity index (χ2n) is 7.63. The number of rotatable bonds is 6. The highest BCUT2D eigenvalue weighted by Gasteiger charge is 2.36. The predicted molar refractivity (Wildman–Crippen MR) is 119 cm³/mol. The average Bonchev–Trinajstić information content (AvgIpc) is 3.33. The molecule has 1 fully saturated rings. The van der Waals surface area contributed by atoms with Crippen LogP contribution in [-0.2, 0) is 19.1 Å². The number of thiazole rings is 1. The first-order valence-corrected chi connectivity index (χ1v) is 11.1. The third kappa shape index (κ3) is 4.80. The van der Waals surface area contributed by atoms with Crippen LogP contribution in [0.3, 0.4) is 0 Å². The lowest BCUT2D eigenvalue weighted by molar-refractivity contribution is -0.149. The van der Waals surface area contributed by atoms with E-state index in [1.165, 1.54) is 30.6 Å². The van der Waals surface area contributed by atoms with Crippen molar-refractivity contribution >= 4 is 29.1 Å². The van der Waals surface area contributed by atoms with Gasteiger partial charge in [0, 0.05) is 30.4 Å². The number of benzene rings is 1. The molecule has 1 aromatic carbocycles. The van der Waals surface area contributed by atoms with E-state index in [-0.39, 0.29) is 18.7 Å². The fraction of sp³-hybridized carbons (Fsp3) is 0.364. The van der Waals surface area contributed by atoms with E-state index in [9.17, 15) is 19.1 Å². The fourth-order valence-electron chi connectivity index (χ4n) is 3.95. The third-order valence-electron chi connectivity index (χ3n) is 5.58. The van der Waals surface area contributed by atoms with E-state index in [0.717, 1.165) is 0 Å². The lowest BCUT2D eigenvalue weighted by atomic mass is 9.92. The molecule has 0 saturated carbocycles. The molecule has 2 aliphatic heterocycles. The van der Waals surface area contributed by atoms with Gasteiger partial charge in [0.25, 0.3) is 0 Å². The molecule has 0 radical (unpaired) electrons. The zero-order valence-electron chi connectivity index (χ0n) is 18.1. The van der Waals surface area contributed by atoms with Gasteiger partial charge in [-0.3, -0.25) is 14.7 Å². The van der Waals surface area contributed by atoms with Gasteiger partial charge >= 0.3 is 11.9 Å². The number of carboxylic acid groups (broad SMARTS) is 1. The van der Waals surface area contributed by atoms with Crippen LogP contribution in [0, 0.1) is 12.7 Å². The van der Waals surface area contributed by atoms with E-state index < -0.39 is 29.8 Å². The largest absolute Gasteiger partial charge is 0.480 e. The van der Waals surface area contributed by atoms with Gasteiger partial charge in [0.15, 0.2) is 10.8 Å². The first-order valence-electron chi connectivity index (χ1n) is 10.3. The van der Waals surface area contributed by atoms with Crippen molar-refractivity contribution in [1.29, 1.82) is 0 Å². The maximum Gasteiger partial charge on any atom is 0.338 e. The number of aryl methyl sites for hydroxylation is 1. The smallest absolute Gasteiger partial charge is 0.338 e. The van der Waals surface area contributed by atoms with Crippen molar-refractivity contribution in [1.82, 2.24) is 15.2 Å². The van der Waals surface area contributed by atoms with Gasteiger partial charge in [0.05, 0.1) is 25.9 Å². The molecule has 9 nitrogen and oxygen atoms in total. The van der Waals surface area contributed by atoms with Crippen LogP contribution in [0.1, 0.15) is 22.2 Å². The summed E-state index contributed by atoms with van der Waals surface area (Å²) < 4.78 is 24.2. The van der Waals surface area contributed by atoms with Gasteiger partial charge in [-0.15, -0.1) is 11.3 Å². The van der Waals surface area contributed by atoms with Gasteiger partial charge in [-0.2, -0.15) is 0 Å². The number of nitrogens with zero attached hydrogens (tertiary/aromatic N) is 3. The molecule has 0 unspecified atom stereocenters. The number of halogens is 1. The Bertz CT molecular complexity index is 1120. The molecule has 3 heterocycles. The van der Waals surface area contributed by atoms with Gasteiger partial charge in [0.1, 0.15) is 17.9 Å². The zero-order valence-corrected chi connectivity index (χ0v) is 18.9. The van der Waals surface area contributed by atoms with Gasteiger partial charge in [-0.05, 0) is 30.2 Å². The van der Waals surface area contributed by atoms with Crippen molar-refractivity contribution in [2.45, 2.75) is 19.0 Å². The summed E-state index contributed by atoms with van der Waals surface area (Å²) in [7, 11) is 1.27. The molecule has 2 aliphatic rings. The lowest BCUT2D eigenvalue weighted by Crippen LogP contribution is -2.52. The van der Waals surface area contributed by atoms with E-state index in [1.807, 2.05) is 0 Å². The normalized spacial score (nSPS) is 21.4. The summed E-state index contributed by atoms with van der Waals surface area (Å²) in [6.07, 6.45) is 1.64. The number of hydrogen-bond donors (Lipinski definition) is 2. The number of aromatic nitrogens is 1. The topological polar surface area (TPSA) is 113 Å². The Morgan fingerprint density at radius 1 is 1.42 bits per heavy atom. The van der Waals surface area contributed by atoms with E-state index in [2.05, 4.69) is 10.3 Å². The molecule has 1 saturated heterocycles. The number of carbonyl (C=O) groups excluding carboxylic acids is 1. The summed E-state index contributed by atoms with van der Waals surface area (Å²) >= 11 is 1.37.